The van der Waals surface area contributed by atoms with Crippen molar-refractivity contribution in [2.45, 2.75) is 106 Å². The molecule has 2 aliphatic rings. The lowest BCUT2D eigenvalue weighted by Crippen LogP contribution is -2.31. The lowest BCUT2D eigenvalue weighted by Gasteiger charge is -2.30. The lowest BCUT2D eigenvalue weighted by molar-refractivity contribution is -0.438. The van der Waals surface area contributed by atoms with Crippen LogP contribution in [-0.4, -0.2) is 103 Å². The van der Waals surface area contributed by atoms with Crippen LogP contribution in [0.15, 0.2) is 94.4 Å². The van der Waals surface area contributed by atoms with E-state index in [1.165, 1.54) is 18.2 Å². The Labute approximate surface area is 372 Å². The van der Waals surface area contributed by atoms with Gasteiger partial charge in [0.1, 0.15) is 6.54 Å². The van der Waals surface area contributed by atoms with Crippen molar-refractivity contribution in [3.05, 3.63) is 95.8 Å². The molecule has 2 unspecified atom stereocenters. The number of rotatable bonds is 25. The van der Waals surface area contributed by atoms with Gasteiger partial charge in [-0.2, -0.15) is 38.2 Å². The van der Waals surface area contributed by atoms with E-state index in [9.17, 15) is 47.6 Å². The number of nitrogens with zero attached hydrogens (tertiary/aromatic N) is 2. The van der Waals surface area contributed by atoms with Gasteiger partial charge in [-0.15, -0.1) is 0 Å². The zero-order chi connectivity index (χ0) is 46.9. The molecule has 2 aromatic rings. The van der Waals surface area contributed by atoms with Crippen LogP contribution in [0, 0.1) is 0 Å². The second-order valence-corrected chi connectivity index (χ2v) is 22.5. The summed E-state index contributed by atoms with van der Waals surface area (Å²) in [7, 11) is -14.2. The van der Waals surface area contributed by atoms with Crippen LogP contribution in [0.5, 0.6) is 0 Å². The molecule has 0 radical (unpaired) electrons. The van der Waals surface area contributed by atoms with Gasteiger partial charge in [0.05, 0.1) is 40.9 Å². The van der Waals surface area contributed by atoms with Crippen LogP contribution in [0.4, 0.5) is 11.4 Å². The molecule has 0 saturated heterocycles. The average Bonchev–Trinajstić information content (AvgIpc) is 3.59. The summed E-state index contributed by atoms with van der Waals surface area (Å²) < 4.78 is 128. The fraction of sp³-hybridized carbons (Fsp3) is 0.488. The van der Waals surface area contributed by atoms with E-state index in [2.05, 4.69) is 9.08 Å². The van der Waals surface area contributed by atoms with E-state index in [-0.39, 0.29) is 28.4 Å². The maximum absolute atomic E-state index is 12.7. The van der Waals surface area contributed by atoms with E-state index in [1.54, 1.807) is 30.4 Å². The van der Waals surface area contributed by atoms with Crippen molar-refractivity contribution in [3.63, 3.8) is 0 Å². The summed E-state index contributed by atoms with van der Waals surface area (Å²) in [5, 5.41) is 9.13. The number of likely N-dealkylation sites (N-methyl/N-ethyl adjacent to an activating group) is 1. The number of carboxylic acid groups (broad SMARTS) is 1. The van der Waals surface area contributed by atoms with Gasteiger partial charge in [0, 0.05) is 53.9 Å². The summed E-state index contributed by atoms with van der Waals surface area (Å²) in [5.41, 5.74) is 2.99. The van der Waals surface area contributed by atoms with Crippen molar-refractivity contribution in [2.24, 2.45) is 0 Å². The van der Waals surface area contributed by atoms with Crippen LogP contribution >= 0.6 is 0 Å². The van der Waals surface area contributed by atoms with E-state index in [4.69, 9.17) is 9.29 Å². The number of benzene rings is 2. The molecule has 0 fully saturated rings. The summed E-state index contributed by atoms with van der Waals surface area (Å²) in [6.07, 6.45) is 16.9. The monoisotopic (exact) mass is 955 g/mol. The third kappa shape index (κ3) is 13.1. The van der Waals surface area contributed by atoms with Crippen LogP contribution in [0.1, 0.15) is 96.1 Å². The average molecular weight is 956 g/mol. The zero-order valence-electron chi connectivity index (χ0n) is 36.3. The SMILES string of the molecule is CCN1C(=CC=CC=CC=CC2=[N+](CCCCCC(=O)O)c3ccc(S(=O)(=O)O)cc3C2(C)CCCCS(=O)(=O)O)C(C)(CCCCS(=O)(=O)OC)c2cc(S(=O)(=O)OC)ccc21. The predicted octanol–water partition coefficient (Wildman–Crippen LogP) is 6.82. The molecular formula is C43H59N2O14S4+. The Morgan fingerprint density at radius 2 is 1.35 bits per heavy atom. The molecule has 20 heteroatoms. The van der Waals surface area contributed by atoms with E-state index < -0.39 is 63.0 Å². The Bertz CT molecular complexity index is 2620. The summed E-state index contributed by atoms with van der Waals surface area (Å²) in [5.74, 6) is -1.49. The molecule has 0 saturated carbocycles. The minimum Gasteiger partial charge on any atom is -0.481 e. The smallest absolute Gasteiger partial charge is 0.303 e. The lowest BCUT2D eigenvalue weighted by atomic mass is 9.75. The van der Waals surface area contributed by atoms with E-state index >= 15 is 0 Å². The van der Waals surface area contributed by atoms with Gasteiger partial charge in [0.2, 0.25) is 5.69 Å². The first-order valence-corrected chi connectivity index (χ1v) is 26.6. The van der Waals surface area contributed by atoms with E-state index in [0.29, 0.717) is 75.7 Å². The minimum atomic E-state index is -4.57. The maximum atomic E-state index is 12.7. The molecule has 63 heavy (non-hydrogen) atoms. The number of unbranched alkanes of at least 4 members (excludes halogenated alkanes) is 4. The van der Waals surface area contributed by atoms with Crippen molar-refractivity contribution < 1.29 is 65.6 Å². The molecule has 2 heterocycles. The molecule has 0 amide bonds. The Balaban J connectivity index is 1.70. The summed E-state index contributed by atoms with van der Waals surface area (Å²) in [4.78, 5) is 12.9. The number of carbonyl (C=O) groups is 1. The van der Waals surface area contributed by atoms with Gasteiger partial charge >= 0.3 is 5.97 Å². The highest BCUT2D eigenvalue weighted by Crippen LogP contribution is 2.51. The van der Waals surface area contributed by atoms with Crippen LogP contribution < -0.4 is 4.90 Å². The van der Waals surface area contributed by atoms with Crippen molar-refractivity contribution in [1.82, 2.24) is 0 Å². The maximum Gasteiger partial charge on any atom is 0.303 e. The molecule has 4 rings (SSSR count). The first-order valence-electron chi connectivity index (χ1n) is 20.6. The topological polar surface area (TPSA) is 239 Å². The Morgan fingerprint density at radius 3 is 1.97 bits per heavy atom. The molecule has 348 valence electrons. The number of fused-ring (bicyclic) bond motifs is 2. The standard InChI is InChI=1S/C43H58N2O14S4/c1-6-44-37-25-23-34(63(56,57)59-5)32-36(37)42(2,27-15-18-30-61(51,52)58-4)39(44)19-11-8-7-9-12-20-40-43(3,26-14-17-29-60(48,49)50)35-31-33(62(53,54)55)22-24-38(35)45(40)28-16-10-13-21-41(46)47/h7-9,11-12,19-20,22-25,31-32H,6,10,13-18,21,26-30H2,1-5H3,(H2-,46,47,48,49,50,53,54,55)/p+1. The molecule has 2 aromatic carbocycles. The van der Waals surface area contributed by atoms with Crippen LogP contribution in [-0.2, 0) is 64.5 Å². The minimum absolute atomic E-state index is 0.00700. The molecule has 16 nitrogen and oxygen atoms in total. The van der Waals surface area contributed by atoms with Crippen molar-refractivity contribution in [2.75, 3.05) is 43.7 Å². The first-order chi connectivity index (χ1) is 29.4. The molecule has 0 aliphatic carbocycles. The molecular weight excluding hydrogens is 897 g/mol. The normalized spacial score (nSPS) is 20.2. The van der Waals surface area contributed by atoms with Gasteiger partial charge in [-0.3, -0.25) is 22.3 Å². The number of hydrogen-bond donors (Lipinski definition) is 3. The number of aliphatic carboxylic acids is 1. The molecule has 2 aliphatic heterocycles. The largest absolute Gasteiger partial charge is 0.481 e. The highest BCUT2D eigenvalue weighted by atomic mass is 32.2. The Hall–Kier alpha value is -4.02. The summed E-state index contributed by atoms with van der Waals surface area (Å²) in [6, 6.07) is 9.22. The number of allylic oxidation sites excluding steroid dienone is 8. The fourth-order valence-corrected chi connectivity index (χ4v) is 10.9. The van der Waals surface area contributed by atoms with Gasteiger partial charge in [-0.05, 0) is 101 Å². The number of carboxylic acids is 1. The van der Waals surface area contributed by atoms with Crippen molar-refractivity contribution in [3.8, 4) is 0 Å². The van der Waals surface area contributed by atoms with Gasteiger partial charge in [-0.1, -0.05) is 43.2 Å². The van der Waals surface area contributed by atoms with Crippen LogP contribution in [0.2, 0.25) is 0 Å². The van der Waals surface area contributed by atoms with Crippen LogP contribution in [0.25, 0.3) is 0 Å². The second-order valence-electron chi connectivity index (χ2n) is 15.9. The summed E-state index contributed by atoms with van der Waals surface area (Å²) in [6.45, 7) is 6.92. The van der Waals surface area contributed by atoms with Crippen LogP contribution in [0.3, 0.4) is 0 Å². The Kier molecular flexibility index (Phi) is 17.5. The van der Waals surface area contributed by atoms with Gasteiger partial charge in [0.15, 0.2) is 5.71 Å². The quantitative estimate of drug-likeness (QED) is 0.0304. The number of hydrogen-bond acceptors (Lipinski definition) is 12. The van der Waals surface area contributed by atoms with Crippen molar-refractivity contribution in [1.29, 1.82) is 0 Å². The zero-order valence-corrected chi connectivity index (χ0v) is 39.5. The highest BCUT2D eigenvalue weighted by Gasteiger charge is 2.48. The Morgan fingerprint density at radius 1 is 0.730 bits per heavy atom. The second kappa shape index (κ2) is 21.3. The van der Waals surface area contributed by atoms with Gasteiger partial charge < -0.3 is 10.0 Å². The van der Waals surface area contributed by atoms with Crippen molar-refractivity contribution >= 4 is 63.5 Å². The molecule has 0 spiro atoms. The van der Waals surface area contributed by atoms with E-state index in [0.717, 1.165) is 36.9 Å². The molecule has 0 bridgehead atoms. The fourth-order valence-electron chi connectivity index (χ4n) is 8.40. The third-order valence-corrected chi connectivity index (χ3v) is 15.9. The molecule has 2 atom stereocenters. The van der Waals surface area contributed by atoms with E-state index in [1.807, 2.05) is 55.7 Å². The predicted molar refractivity (Wildman–Crippen MR) is 241 cm³/mol. The first kappa shape index (κ1) is 51.6. The van der Waals surface area contributed by atoms with Gasteiger partial charge in [0.25, 0.3) is 40.5 Å². The molecule has 3 N–H and O–H groups in total. The highest BCUT2D eigenvalue weighted by molar-refractivity contribution is 7.87. The third-order valence-electron chi connectivity index (χ3n) is 11.7. The number of anilines is 1. The van der Waals surface area contributed by atoms with Gasteiger partial charge in [-0.25, -0.2) is 0 Å². The summed E-state index contributed by atoms with van der Waals surface area (Å²) >= 11 is 0. The molecule has 0 aromatic heterocycles.